The van der Waals surface area contributed by atoms with Crippen LogP contribution in [0.1, 0.15) is 32.2 Å². The number of benzene rings is 2. The van der Waals surface area contributed by atoms with Crippen LogP contribution in [-0.2, 0) is 0 Å². The number of Topliss-reactive ketones (excluding diaryl/α,β-unsaturated/α-hetero) is 2. The van der Waals surface area contributed by atoms with Crippen molar-refractivity contribution in [2.75, 3.05) is 0 Å². The summed E-state index contributed by atoms with van der Waals surface area (Å²) in [5.41, 5.74) is 1.27. The smallest absolute Gasteiger partial charge is 0.293 e. The molecule has 0 saturated carbocycles. The summed E-state index contributed by atoms with van der Waals surface area (Å²) < 4.78 is 8.00. The summed E-state index contributed by atoms with van der Waals surface area (Å²) in [4.78, 5) is 35.7. The Morgan fingerprint density at radius 1 is 0.957 bits per heavy atom. The second-order valence-electron chi connectivity index (χ2n) is 5.10. The van der Waals surface area contributed by atoms with Crippen molar-refractivity contribution >= 4 is 40.0 Å². The third-order valence-corrected chi connectivity index (χ3v) is 4.44. The third-order valence-electron chi connectivity index (χ3n) is 3.92. The number of hydrogen-bond acceptors (Lipinski definition) is 7. The van der Waals surface area contributed by atoms with Crippen molar-refractivity contribution in [2.45, 2.75) is 5.92 Å². The van der Waals surface area contributed by atoms with Gasteiger partial charge >= 0.3 is 0 Å². The molecule has 1 aliphatic rings. The highest BCUT2D eigenvalue weighted by Gasteiger charge is 2.41. The van der Waals surface area contributed by atoms with Crippen LogP contribution in [0.15, 0.2) is 36.4 Å². The molecule has 0 N–H and O–H groups in total. The van der Waals surface area contributed by atoms with Crippen LogP contribution >= 0.6 is 11.7 Å². The van der Waals surface area contributed by atoms with Crippen LogP contribution in [0.25, 0.3) is 11.0 Å². The lowest BCUT2D eigenvalue weighted by molar-refractivity contribution is -0.383. The average Bonchev–Trinajstić information content (AvgIpc) is 3.12. The van der Waals surface area contributed by atoms with E-state index < -0.39 is 10.8 Å². The first-order chi connectivity index (χ1) is 11.1. The Bertz CT molecular complexity index is 976. The molecule has 0 spiro atoms. The van der Waals surface area contributed by atoms with Gasteiger partial charge in [-0.25, -0.2) is 0 Å². The first kappa shape index (κ1) is 13.6. The number of non-ortho nitro benzene ring substituents is 1. The number of carbonyl (C=O) groups is 2. The Kier molecular flexibility index (Phi) is 2.82. The highest BCUT2D eigenvalue weighted by Crippen LogP contribution is 2.38. The molecule has 0 saturated heterocycles. The molecule has 0 aliphatic heterocycles. The van der Waals surface area contributed by atoms with E-state index in [1.165, 1.54) is 12.1 Å². The molecule has 23 heavy (non-hydrogen) atoms. The van der Waals surface area contributed by atoms with Gasteiger partial charge < -0.3 is 0 Å². The molecule has 1 aromatic heterocycles. The van der Waals surface area contributed by atoms with Gasteiger partial charge in [-0.2, -0.15) is 8.75 Å². The maximum Gasteiger partial charge on any atom is 0.298 e. The summed E-state index contributed by atoms with van der Waals surface area (Å²) in [6, 6.07) is 9.30. The Hall–Kier alpha value is -3.00. The predicted octanol–water partition coefficient (Wildman–Crippen LogP) is 2.76. The summed E-state index contributed by atoms with van der Waals surface area (Å²) in [5.74, 6) is -1.64. The molecule has 1 heterocycles. The Labute approximate surface area is 133 Å². The van der Waals surface area contributed by atoms with Crippen LogP contribution in [-0.4, -0.2) is 25.2 Å². The average molecular weight is 325 g/mol. The zero-order valence-corrected chi connectivity index (χ0v) is 12.2. The molecule has 3 aromatic rings. The number of ketones is 2. The maximum absolute atomic E-state index is 12.6. The zero-order chi connectivity index (χ0) is 16.1. The minimum atomic E-state index is -1.01. The van der Waals surface area contributed by atoms with E-state index in [4.69, 9.17) is 0 Å². The van der Waals surface area contributed by atoms with Crippen molar-refractivity contribution in [2.24, 2.45) is 0 Å². The normalized spacial score (nSPS) is 14.4. The second-order valence-corrected chi connectivity index (χ2v) is 5.63. The molecule has 0 fully saturated rings. The first-order valence-corrected chi connectivity index (χ1v) is 7.39. The number of carbonyl (C=O) groups excluding carboxylic acids is 2. The molecule has 0 atom stereocenters. The van der Waals surface area contributed by atoms with Gasteiger partial charge in [-0.05, 0) is 6.07 Å². The fourth-order valence-corrected chi connectivity index (χ4v) is 3.45. The molecular formula is C15H7N3O4S. The summed E-state index contributed by atoms with van der Waals surface area (Å²) >= 11 is 0.817. The van der Waals surface area contributed by atoms with Gasteiger partial charge in [0.25, 0.3) is 5.69 Å². The van der Waals surface area contributed by atoms with Crippen LogP contribution in [0.4, 0.5) is 5.69 Å². The molecule has 8 heteroatoms. The molecule has 7 nitrogen and oxygen atoms in total. The van der Waals surface area contributed by atoms with Crippen molar-refractivity contribution < 1.29 is 14.5 Å². The van der Waals surface area contributed by atoms with Crippen molar-refractivity contribution in [3.8, 4) is 0 Å². The van der Waals surface area contributed by atoms with Gasteiger partial charge in [-0.1, -0.05) is 24.3 Å². The highest BCUT2D eigenvalue weighted by molar-refractivity contribution is 7.00. The van der Waals surface area contributed by atoms with E-state index >= 15 is 0 Å². The van der Waals surface area contributed by atoms with Gasteiger partial charge in [0.05, 0.1) is 16.7 Å². The quantitative estimate of drug-likeness (QED) is 0.408. The first-order valence-electron chi connectivity index (χ1n) is 6.66. The van der Waals surface area contributed by atoms with E-state index in [1.54, 1.807) is 24.3 Å². The SMILES string of the molecule is O=C1c2ccccc2C(=O)C1c1ccc([N+](=O)[O-])c2nsnc12. The van der Waals surface area contributed by atoms with Gasteiger partial charge in [-0.15, -0.1) is 0 Å². The predicted molar refractivity (Wildman–Crippen MR) is 81.9 cm³/mol. The van der Waals surface area contributed by atoms with Crippen LogP contribution in [0.3, 0.4) is 0 Å². The lowest BCUT2D eigenvalue weighted by Crippen LogP contribution is -2.13. The van der Waals surface area contributed by atoms with Crippen LogP contribution in [0.5, 0.6) is 0 Å². The van der Waals surface area contributed by atoms with Crippen LogP contribution in [0.2, 0.25) is 0 Å². The van der Waals surface area contributed by atoms with Crippen LogP contribution < -0.4 is 0 Å². The molecule has 0 radical (unpaired) electrons. The topological polar surface area (TPSA) is 103 Å². The molecular weight excluding hydrogens is 318 g/mol. The monoisotopic (exact) mass is 325 g/mol. The van der Waals surface area contributed by atoms with Crippen LogP contribution in [0, 0.1) is 10.1 Å². The zero-order valence-electron chi connectivity index (χ0n) is 11.4. The largest absolute Gasteiger partial charge is 0.298 e. The molecule has 4 rings (SSSR count). The minimum absolute atomic E-state index is 0.106. The highest BCUT2D eigenvalue weighted by atomic mass is 32.1. The van der Waals surface area contributed by atoms with Crippen molar-refractivity contribution in [3.63, 3.8) is 0 Å². The second kappa shape index (κ2) is 4.75. The Morgan fingerprint density at radius 3 is 2.17 bits per heavy atom. The van der Waals surface area contributed by atoms with E-state index in [1.807, 2.05) is 0 Å². The van der Waals surface area contributed by atoms with Gasteiger partial charge in [0, 0.05) is 22.8 Å². The maximum atomic E-state index is 12.6. The minimum Gasteiger partial charge on any atom is -0.293 e. The molecule has 0 amide bonds. The molecule has 112 valence electrons. The summed E-state index contributed by atoms with van der Waals surface area (Å²) in [6.07, 6.45) is 0. The van der Waals surface area contributed by atoms with Crippen molar-refractivity contribution in [3.05, 3.63) is 63.2 Å². The van der Waals surface area contributed by atoms with E-state index in [-0.39, 0.29) is 28.3 Å². The molecule has 0 unspecified atom stereocenters. The van der Waals surface area contributed by atoms with Crippen molar-refractivity contribution in [1.29, 1.82) is 0 Å². The number of hydrogen-bond donors (Lipinski definition) is 0. The third kappa shape index (κ3) is 1.82. The van der Waals surface area contributed by atoms with Gasteiger partial charge in [-0.3, -0.25) is 19.7 Å². The standard InChI is InChI=1S/C15H7N3O4S/c19-14-7-3-1-2-4-8(7)15(20)11(14)9-5-6-10(18(21)22)13-12(9)16-23-17-13/h1-6,11H. The number of aromatic nitrogens is 2. The number of nitro benzene ring substituents is 1. The lowest BCUT2D eigenvalue weighted by atomic mass is 9.93. The van der Waals surface area contributed by atoms with E-state index in [2.05, 4.69) is 8.75 Å². The molecule has 1 aliphatic carbocycles. The number of nitrogens with zero attached hydrogens (tertiary/aromatic N) is 3. The summed E-state index contributed by atoms with van der Waals surface area (Å²) in [6.45, 7) is 0. The lowest BCUT2D eigenvalue weighted by Gasteiger charge is -2.07. The number of fused-ring (bicyclic) bond motifs is 2. The van der Waals surface area contributed by atoms with Gasteiger partial charge in [0.15, 0.2) is 17.1 Å². The Balaban J connectivity index is 1.94. The van der Waals surface area contributed by atoms with Gasteiger partial charge in [0.2, 0.25) is 0 Å². The fraction of sp³-hybridized carbons (Fsp3) is 0.0667. The molecule has 2 aromatic carbocycles. The number of nitro groups is 1. The molecule has 0 bridgehead atoms. The fourth-order valence-electron chi connectivity index (χ4n) is 2.88. The Morgan fingerprint density at radius 2 is 1.57 bits per heavy atom. The summed E-state index contributed by atoms with van der Waals surface area (Å²) in [7, 11) is 0. The van der Waals surface area contributed by atoms with E-state index in [0.717, 1.165) is 11.7 Å². The number of rotatable bonds is 2. The van der Waals surface area contributed by atoms with Crippen molar-refractivity contribution in [1.82, 2.24) is 8.75 Å². The van der Waals surface area contributed by atoms with Gasteiger partial charge in [0.1, 0.15) is 11.4 Å². The summed E-state index contributed by atoms with van der Waals surface area (Å²) in [5, 5.41) is 11.1. The van der Waals surface area contributed by atoms with E-state index in [9.17, 15) is 19.7 Å². The van der Waals surface area contributed by atoms with E-state index in [0.29, 0.717) is 16.7 Å².